The van der Waals surface area contributed by atoms with Gasteiger partial charge in [0.2, 0.25) is 15.9 Å². The van der Waals surface area contributed by atoms with Crippen molar-refractivity contribution in [2.45, 2.75) is 24.8 Å². The van der Waals surface area contributed by atoms with Crippen molar-refractivity contribution in [2.75, 3.05) is 6.54 Å². The van der Waals surface area contributed by atoms with Gasteiger partial charge in [-0.15, -0.1) is 10.2 Å². The molecule has 0 aliphatic carbocycles. The molecule has 0 fully saturated rings. The third-order valence-electron chi connectivity index (χ3n) is 5.59. The molecule has 0 unspecified atom stereocenters. The van der Waals surface area contributed by atoms with Crippen molar-refractivity contribution >= 4 is 10.0 Å². The molecular formula is C22H20FN5O3S. The van der Waals surface area contributed by atoms with E-state index in [9.17, 15) is 12.8 Å². The summed E-state index contributed by atoms with van der Waals surface area (Å²) in [5.41, 5.74) is 3.89. The topological polar surface area (TPSA) is 94.1 Å². The molecule has 0 saturated carbocycles. The number of aryl methyl sites for hydroxylation is 2. The molecule has 10 heteroatoms. The molecule has 3 heterocycles. The first kappa shape index (κ1) is 20.5. The van der Waals surface area contributed by atoms with E-state index in [0.29, 0.717) is 23.6 Å². The molecule has 0 saturated heterocycles. The number of hydrogen-bond donors (Lipinski definition) is 0. The monoisotopic (exact) mass is 453 g/mol. The van der Waals surface area contributed by atoms with Crippen LogP contribution >= 0.6 is 0 Å². The van der Waals surface area contributed by atoms with Crippen LogP contribution in [0.2, 0.25) is 0 Å². The fourth-order valence-corrected chi connectivity index (χ4v) is 5.34. The van der Waals surface area contributed by atoms with Crippen molar-refractivity contribution in [3.05, 3.63) is 71.2 Å². The minimum atomic E-state index is -4.01. The third kappa shape index (κ3) is 3.41. The highest BCUT2D eigenvalue weighted by Gasteiger charge is 2.34. The van der Waals surface area contributed by atoms with Crippen molar-refractivity contribution in [1.82, 2.24) is 24.3 Å². The molecule has 0 atom stereocenters. The van der Waals surface area contributed by atoms with Gasteiger partial charge in [0.05, 0.1) is 0 Å². The standard InChI is InChI=1S/C22H20FN5O3S/c1-14-7-9-15(10-8-14)21-24-25-22(31-21)20-16-13-28(12-11-18(16)27(2)26-20)32(29,30)19-6-4-3-5-17(19)23/h3-10H,11-13H2,1-2H3. The molecule has 0 amide bonds. The molecule has 8 nitrogen and oxygen atoms in total. The van der Waals surface area contributed by atoms with Gasteiger partial charge in [0.15, 0.2) is 5.69 Å². The van der Waals surface area contributed by atoms with Gasteiger partial charge in [0.25, 0.3) is 5.89 Å². The highest BCUT2D eigenvalue weighted by molar-refractivity contribution is 7.89. The van der Waals surface area contributed by atoms with Crippen molar-refractivity contribution in [3.63, 3.8) is 0 Å². The predicted molar refractivity (Wildman–Crippen MR) is 114 cm³/mol. The Balaban J connectivity index is 1.51. The van der Waals surface area contributed by atoms with E-state index in [1.54, 1.807) is 11.7 Å². The Kier molecular flexibility index (Phi) is 4.90. The molecule has 5 rings (SSSR count). The van der Waals surface area contributed by atoms with Crippen LogP contribution in [0.4, 0.5) is 4.39 Å². The van der Waals surface area contributed by atoms with Crippen LogP contribution in [-0.4, -0.2) is 39.2 Å². The van der Waals surface area contributed by atoms with Crippen molar-refractivity contribution in [2.24, 2.45) is 7.05 Å². The number of rotatable bonds is 4. The van der Waals surface area contributed by atoms with Gasteiger partial charge in [-0.1, -0.05) is 29.8 Å². The lowest BCUT2D eigenvalue weighted by Crippen LogP contribution is -2.36. The van der Waals surface area contributed by atoms with Gasteiger partial charge in [-0.2, -0.15) is 9.40 Å². The highest BCUT2D eigenvalue weighted by Crippen LogP contribution is 2.33. The maximum absolute atomic E-state index is 14.2. The number of sulfonamides is 1. The second-order valence-electron chi connectivity index (χ2n) is 7.69. The molecule has 2 aromatic heterocycles. The molecule has 0 N–H and O–H groups in total. The smallest absolute Gasteiger partial charge is 0.268 e. The van der Waals surface area contributed by atoms with E-state index in [0.717, 1.165) is 22.9 Å². The van der Waals surface area contributed by atoms with E-state index in [1.807, 2.05) is 31.2 Å². The SMILES string of the molecule is Cc1ccc(-c2nnc(-c3nn(C)c4c3CN(S(=O)(=O)c3ccccc3F)CC4)o2)cc1. The van der Waals surface area contributed by atoms with Gasteiger partial charge in [-0.25, -0.2) is 12.8 Å². The minimum Gasteiger partial charge on any atom is -0.415 e. The van der Waals surface area contributed by atoms with E-state index < -0.39 is 15.8 Å². The zero-order valence-electron chi connectivity index (χ0n) is 17.5. The van der Waals surface area contributed by atoms with Gasteiger partial charge in [-0.05, 0) is 31.2 Å². The van der Waals surface area contributed by atoms with E-state index in [-0.39, 0.29) is 23.9 Å². The van der Waals surface area contributed by atoms with E-state index in [2.05, 4.69) is 15.3 Å². The first-order valence-corrected chi connectivity index (χ1v) is 11.5. The third-order valence-corrected chi connectivity index (χ3v) is 7.47. The lowest BCUT2D eigenvalue weighted by Gasteiger charge is -2.26. The summed E-state index contributed by atoms with van der Waals surface area (Å²) in [6, 6.07) is 13.1. The van der Waals surface area contributed by atoms with E-state index >= 15 is 0 Å². The van der Waals surface area contributed by atoms with Gasteiger partial charge in [-0.3, -0.25) is 4.68 Å². The Bertz CT molecular complexity index is 1410. The fourth-order valence-electron chi connectivity index (χ4n) is 3.87. The van der Waals surface area contributed by atoms with Crippen LogP contribution in [-0.2, 0) is 30.0 Å². The zero-order chi connectivity index (χ0) is 22.5. The van der Waals surface area contributed by atoms with Crippen LogP contribution in [0, 0.1) is 12.7 Å². The average molecular weight is 453 g/mol. The van der Waals surface area contributed by atoms with Crippen molar-refractivity contribution < 1.29 is 17.2 Å². The molecule has 4 aromatic rings. The molecule has 1 aliphatic heterocycles. The molecule has 1 aliphatic rings. The average Bonchev–Trinajstić information content (AvgIpc) is 3.39. The Labute approximate surface area is 184 Å². The Hall–Kier alpha value is -3.37. The Morgan fingerprint density at radius 3 is 2.50 bits per heavy atom. The first-order valence-electron chi connectivity index (χ1n) is 10.0. The molecule has 0 spiro atoms. The Morgan fingerprint density at radius 2 is 1.75 bits per heavy atom. The number of hydrogen-bond acceptors (Lipinski definition) is 6. The number of aromatic nitrogens is 4. The summed E-state index contributed by atoms with van der Waals surface area (Å²) in [4.78, 5) is -0.340. The number of benzene rings is 2. The maximum Gasteiger partial charge on any atom is 0.268 e. The molecule has 164 valence electrons. The number of nitrogens with zero attached hydrogens (tertiary/aromatic N) is 5. The summed E-state index contributed by atoms with van der Waals surface area (Å²) in [7, 11) is -2.22. The van der Waals surface area contributed by atoms with E-state index in [4.69, 9.17) is 4.42 Å². The van der Waals surface area contributed by atoms with Crippen LogP contribution in [0.25, 0.3) is 23.0 Å². The number of halogens is 1. The molecule has 32 heavy (non-hydrogen) atoms. The van der Waals surface area contributed by atoms with Gasteiger partial charge < -0.3 is 4.42 Å². The van der Waals surface area contributed by atoms with Gasteiger partial charge in [0, 0.05) is 43.4 Å². The zero-order valence-corrected chi connectivity index (χ0v) is 18.3. The molecular weight excluding hydrogens is 433 g/mol. The second-order valence-corrected chi connectivity index (χ2v) is 9.60. The lowest BCUT2D eigenvalue weighted by atomic mass is 10.1. The van der Waals surface area contributed by atoms with Crippen LogP contribution in [0.3, 0.4) is 0 Å². The lowest BCUT2D eigenvalue weighted by molar-refractivity contribution is 0.383. The van der Waals surface area contributed by atoms with Gasteiger partial charge in [0.1, 0.15) is 10.7 Å². The van der Waals surface area contributed by atoms with Crippen LogP contribution in [0.1, 0.15) is 16.8 Å². The number of fused-ring (bicyclic) bond motifs is 1. The van der Waals surface area contributed by atoms with Crippen LogP contribution in [0.15, 0.2) is 57.8 Å². The fraction of sp³-hybridized carbons (Fsp3) is 0.227. The normalized spacial score (nSPS) is 14.5. The summed E-state index contributed by atoms with van der Waals surface area (Å²) >= 11 is 0. The summed E-state index contributed by atoms with van der Waals surface area (Å²) < 4.78 is 49.2. The first-order chi connectivity index (χ1) is 15.3. The van der Waals surface area contributed by atoms with E-state index in [1.165, 1.54) is 22.5 Å². The second kappa shape index (κ2) is 7.64. The molecule has 0 radical (unpaired) electrons. The highest BCUT2D eigenvalue weighted by atomic mass is 32.2. The van der Waals surface area contributed by atoms with Crippen LogP contribution < -0.4 is 0 Å². The van der Waals surface area contributed by atoms with Gasteiger partial charge >= 0.3 is 0 Å². The summed E-state index contributed by atoms with van der Waals surface area (Å²) in [6.45, 7) is 2.25. The van der Waals surface area contributed by atoms with Crippen LogP contribution in [0.5, 0.6) is 0 Å². The minimum absolute atomic E-state index is 0.0391. The quantitative estimate of drug-likeness (QED) is 0.471. The predicted octanol–water partition coefficient (Wildman–Crippen LogP) is 3.33. The largest absolute Gasteiger partial charge is 0.415 e. The summed E-state index contributed by atoms with van der Waals surface area (Å²) in [6.07, 6.45) is 0.436. The summed E-state index contributed by atoms with van der Waals surface area (Å²) in [5.74, 6) is -0.210. The summed E-state index contributed by atoms with van der Waals surface area (Å²) in [5, 5.41) is 12.8. The molecule has 2 aromatic carbocycles. The van der Waals surface area contributed by atoms with Crippen molar-refractivity contribution in [1.29, 1.82) is 0 Å². The van der Waals surface area contributed by atoms with Crippen molar-refractivity contribution in [3.8, 4) is 23.0 Å². The Morgan fingerprint density at radius 1 is 1.03 bits per heavy atom. The molecule has 0 bridgehead atoms. The maximum atomic E-state index is 14.2.